The molecule has 0 aromatic carbocycles. The Labute approximate surface area is 115 Å². The largest absolute Gasteiger partial charge is 0.361 e. The summed E-state index contributed by atoms with van der Waals surface area (Å²) in [5, 5.41) is 3.57. The molecule has 6 heteroatoms. The molecule has 19 heavy (non-hydrogen) atoms. The molecule has 3 nitrogen and oxygen atoms in total. The first-order chi connectivity index (χ1) is 8.67. The lowest BCUT2D eigenvalue weighted by Gasteiger charge is -2.62. The van der Waals surface area contributed by atoms with Gasteiger partial charge in [-0.25, -0.2) is 8.78 Å². The monoisotopic (exact) mass is 288 g/mol. The van der Waals surface area contributed by atoms with Crippen LogP contribution >= 0.6 is 11.8 Å². The average Bonchev–Trinajstić information content (AvgIpc) is 2.59. The highest BCUT2D eigenvalue weighted by molar-refractivity contribution is 8.16. The fourth-order valence-corrected chi connectivity index (χ4v) is 4.24. The van der Waals surface area contributed by atoms with Crippen molar-refractivity contribution in [1.29, 1.82) is 0 Å². The van der Waals surface area contributed by atoms with Gasteiger partial charge in [0.2, 0.25) is 0 Å². The number of hydrogen-bond acceptors (Lipinski definition) is 3. The van der Waals surface area contributed by atoms with Gasteiger partial charge < -0.3 is 5.32 Å². The van der Waals surface area contributed by atoms with Gasteiger partial charge in [0.1, 0.15) is 0 Å². The van der Waals surface area contributed by atoms with Crippen LogP contribution in [-0.4, -0.2) is 27.8 Å². The van der Waals surface area contributed by atoms with E-state index in [4.69, 9.17) is 0 Å². The van der Waals surface area contributed by atoms with Crippen molar-refractivity contribution in [1.82, 2.24) is 5.32 Å². The number of aliphatic imine (C=N–C) groups is 1. The van der Waals surface area contributed by atoms with Gasteiger partial charge >= 0.3 is 0 Å². The van der Waals surface area contributed by atoms with Gasteiger partial charge in [-0.1, -0.05) is 18.7 Å². The van der Waals surface area contributed by atoms with Crippen molar-refractivity contribution >= 4 is 22.8 Å². The summed E-state index contributed by atoms with van der Waals surface area (Å²) < 4.78 is 25.3. The zero-order valence-corrected chi connectivity index (χ0v) is 12.1. The molecule has 0 saturated heterocycles. The summed E-state index contributed by atoms with van der Waals surface area (Å²) in [5.74, 6) is -3.06. The summed E-state index contributed by atoms with van der Waals surface area (Å²) >= 11 is 0.871. The minimum absolute atomic E-state index is 0.276. The second kappa shape index (κ2) is 3.71. The molecule has 106 valence electrons. The van der Waals surface area contributed by atoms with Crippen LogP contribution in [-0.2, 0) is 4.79 Å². The predicted octanol–water partition coefficient (Wildman–Crippen LogP) is 2.81. The van der Waals surface area contributed by atoms with Crippen LogP contribution in [0.1, 0.15) is 40.0 Å². The maximum absolute atomic E-state index is 13.6. The molecule has 1 heterocycles. The smallest absolute Gasteiger partial charge is 0.270 e. The zero-order chi connectivity index (χ0) is 14.1. The quantitative estimate of drug-likeness (QED) is 0.849. The van der Waals surface area contributed by atoms with Crippen LogP contribution in [0.15, 0.2) is 4.99 Å². The van der Waals surface area contributed by atoms with E-state index in [1.165, 1.54) is 19.8 Å². The molecule has 1 aliphatic heterocycles. The molecule has 0 bridgehead atoms. The molecule has 2 aliphatic carbocycles. The summed E-state index contributed by atoms with van der Waals surface area (Å²) in [5.41, 5.74) is 0.278. The lowest BCUT2D eigenvalue weighted by molar-refractivity contribution is -0.128. The third kappa shape index (κ3) is 1.68. The van der Waals surface area contributed by atoms with Gasteiger partial charge in [-0.3, -0.25) is 4.79 Å². The first-order valence-corrected chi connectivity index (χ1v) is 7.45. The Kier molecular flexibility index (Phi) is 2.61. The van der Waals surface area contributed by atoms with Gasteiger partial charge in [0.25, 0.3) is 11.8 Å². The molecule has 1 unspecified atom stereocenters. The van der Waals surface area contributed by atoms with E-state index >= 15 is 0 Å². The summed E-state index contributed by atoms with van der Waals surface area (Å²) in [6, 6.07) is 0.276. The molecule has 1 N–H and O–H groups in total. The van der Waals surface area contributed by atoms with Crippen LogP contribution in [0, 0.1) is 11.3 Å². The van der Waals surface area contributed by atoms with Crippen LogP contribution in [0.25, 0.3) is 0 Å². The van der Waals surface area contributed by atoms with Crippen LogP contribution in [0.3, 0.4) is 0 Å². The van der Waals surface area contributed by atoms with Gasteiger partial charge in [-0.2, -0.15) is 4.99 Å². The molecular weight excluding hydrogens is 270 g/mol. The van der Waals surface area contributed by atoms with Crippen molar-refractivity contribution in [3.05, 3.63) is 0 Å². The van der Waals surface area contributed by atoms with Gasteiger partial charge in [0, 0.05) is 13.0 Å². The van der Waals surface area contributed by atoms with Crippen molar-refractivity contribution in [2.45, 2.75) is 56.7 Å². The fourth-order valence-electron chi connectivity index (χ4n) is 3.21. The van der Waals surface area contributed by atoms with Crippen molar-refractivity contribution in [3.8, 4) is 0 Å². The van der Waals surface area contributed by atoms with Crippen LogP contribution in [0.4, 0.5) is 8.78 Å². The molecule has 0 aromatic heterocycles. The van der Waals surface area contributed by atoms with Crippen molar-refractivity contribution in [3.63, 3.8) is 0 Å². The minimum atomic E-state index is -3.08. The molecule has 4 atom stereocenters. The lowest BCUT2D eigenvalue weighted by atomic mass is 9.46. The molecule has 0 aromatic rings. The van der Waals surface area contributed by atoms with Gasteiger partial charge in [0.15, 0.2) is 9.91 Å². The highest BCUT2D eigenvalue weighted by Crippen LogP contribution is 2.61. The Morgan fingerprint density at radius 1 is 1.47 bits per heavy atom. The second-order valence-electron chi connectivity index (χ2n) is 6.42. The number of thioether (sulfide) groups is 1. The van der Waals surface area contributed by atoms with Crippen molar-refractivity contribution in [2.75, 3.05) is 0 Å². The maximum Gasteiger partial charge on any atom is 0.270 e. The first-order valence-electron chi connectivity index (χ1n) is 6.63. The normalized spacial score (nSPS) is 45.1. The van der Waals surface area contributed by atoms with E-state index < -0.39 is 16.6 Å². The molecule has 2 fully saturated rings. The number of nitrogens with one attached hydrogen (secondary N) is 1. The minimum Gasteiger partial charge on any atom is -0.361 e. The summed E-state index contributed by atoms with van der Waals surface area (Å²) in [4.78, 5) is 15.5. The number of halogens is 2. The number of fused-ring (bicyclic) bond motifs is 1. The predicted molar refractivity (Wildman–Crippen MR) is 71.4 cm³/mol. The van der Waals surface area contributed by atoms with E-state index in [1.54, 1.807) is 0 Å². The fraction of sp³-hybridized carbons (Fsp3) is 0.846. The molecule has 2 saturated carbocycles. The number of hydrogen-bond donors (Lipinski definition) is 1. The van der Waals surface area contributed by atoms with E-state index in [9.17, 15) is 13.6 Å². The van der Waals surface area contributed by atoms with Crippen molar-refractivity contribution < 1.29 is 13.6 Å². The number of rotatable bonds is 2. The lowest BCUT2D eigenvalue weighted by Crippen LogP contribution is -2.64. The Bertz CT molecular complexity index is 476. The summed E-state index contributed by atoms with van der Waals surface area (Å²) in [6.07, 6.45) is 3.49. The number of amidine groups is 1. The highest BCUT2D eigenvalue weighted by atomic mass is 32.2. The Morgan fingerprint density at radius 3 is 2.53 bits per heavy atom. The topological polar surface area (TPSA) is 41.5 Å². The SMILES string of the molecule is CC12CC[C@H]1C[C@@H]2NC1=NC(=O)[C@](C)(C(C)(F)F)S1. The number of amides is 1. The third-order valence-corrected chi connectivity index (χ3v) is 6.67. The average molecular weight is 288 g/mol. The number of nitrogens with zero attached hydrogens (tertiary/aromatic N) is 1. The van der Waals surface area contributed by atoms with Crippen LogP contribution in [0.5, 0.6) is 0 Å². The Balaban J connectivity index is 1.69. The second-order valence-corrected chi connectivity index (χ2v) is 7.83. The molecular formula is C13H18F2N2OS. The van der Waals surface area contributed by atoms with Crippen LogP contribution in [0.2, 0.25) is 0 Å². The highest BCUT2D eigenvalue weighted by Gasteiger charge is 2.60. The standard InChI is InChI=1S/C13H18F2N2OS/c1-11-5-4-7(11)6-8(11)16-10-17-9(18)12(2,19-10)13(3,14)15/h7-8H,4-6H2,1-3H3,(H,16,17,18)/t7-,8-,11?,12+/m0/s1. The van der Waals surface area contributed by atoms with Gasteiger partial charge in [0.05, 0.1) is 0 Å². The first kappa shape index (κ1) is 13.3. The summed E-state index contributed by atoms with van der Waals surface area (Å²) in [7, 11) is 0. The Hall–Kier alpha value is -0.650. The summed E-state index contributed by atoms with van der Waals surface area (Å²) in [6.45, 7) is 4.27. The van der Waals surface area contributed by atoms with E-state index in [-0.39, 0.29) is 11.5 Å². The Morgan fingerprint density at radius 2 is 2.16 bits per heavy atom. The molecule has 3 aliphatic rings. The van der Waals surface area contributed by atoms with E-state index in [2.05, 4.69) is 17.2 Å². The number of alkyl halides is 2. The van der Waals surface area contributed by atoms with E-state index in [1.807, 2.05) is 0 Å². The maximum atomic E-state index is 13.6. The van der Waals surface area contributed by atoms with Gasteiger partial charge in [-0.05, 0) is 37.5 Å². The van der Waals surface area contributed by atoms with Crippen molar-refractivity contribution in [2.24, 2.45) is 16.3 Å². The molecule has 3 rings (SSSR count). The zero-order valence-electron chi connectivity index (χ0n) is 11.3. The number of carbonyl (C=O) groups is 1. The van der Waals surface area contributed by atoms with E-state index in [0.717, 1.165) is 31.0 Å². The van der Waals surface area contributed by atoms with Crippen LogP contribution < -0.4 is 5.32 Å². The third-order valence-electron chi connectivity index (χ3n) is 5.33. The number of carbonyl (C=O) groups excluding carboxylic acids is 1. The molecule has 0 spiro atoms. The van der Waals surface area contributed by atoms with E-state index in [0.29, 0.717) is 5.17 Å². The molecule has 1 amide bonds. The molecule has 0 radical (unpaired) electrons. The van der Waals surface area contributed by atoms with Gasteiger partial charge in [-0.15, -0.1) is 0 Å².